The second-order valence-electron chi connectivity index (χ2n) is 3.89. The molecule has 1 aromatic carbocycles. The Morgan fingerprint density at radius 2 is 2.07 bits per heavy atom. The minimum Gasteiger partial charge on any atom is -0.359 e. The summed E-state index contributed by atoms with van der Waals surface area (Å²) in [5, 5.41) is 0. The summed E-state index contributed by atoms with van der Waals surface area (Å²) in [6, 6.07) is 11.2. The number of thiocarbonyl (C=S) groups is 1. The maximum Gasteiger partial charge on any atom is 0.0785 e. The van der Waals surface area contributed by atoms with Gasteiger partial charge in [-0.05, 0) is 25.3 Å². The van der Waals surface area contributed by atoms with E-state index in [2.05, 4.69) is 42.2 Å². The summed E-state index contributed by atoms with van der Waals surface area (Å²) < 4.78 is 0. The van der Waals surface area contributed by atoms with E-state index in [9.17, 15) is 0 Å². The minimum atomic E-state index is 0.614. The molecular weight excluding hydrogens is 190 g/mol. The van der Waals surface area contributed by atoms with Crippen molar-refractivity contribution in [2.75, 3.05) is 0 Å². The van der Waals surface area contributed by atoms with Crippen molar-refractivity contribution in [2.45, 2.75) is 32.4 Å². The smallest absolute Gasteiger partial charge is 0.0785 e. The number of hydrogen-bond donors (Lipinski definition) is 0. The number of likely N-dealkylation sites (tertiary alicyclic amines) is 1. The van der Waals surface area contributed by atoms with Crippen molar-refractivity contribution in [2.24, 2.45) is 0 Å². The molecule has 1 nitrogen and oxygen atoms in total. The Morgan fingerprint density at radius 1 is 1.36 bits per heavy atom. The summed E-state index contributed by atoms with van der Waals surface area (Å²) in [7, 11) is 0. The molecule has 1 unspecified atom stereocenters. The molecule has 14 heavy (non-hydrogen) atoms. The van der Waals surface area contributed by atoms with Crippen molar-refractivity contribution in [1.29, 1.82) is 0 Å². The van der Waals surface area contributed by atoms with E-state index in [1.54, 1.807) is 0 Å². The first-order valence-electron chi connectivity index (χ1n) is 5.11. The zero-order chi connectivity index (χ0) is 9.97. The van der Waals surface area contributed by atoms with Gasteiger partial charge in [0.1, 0.15) is 0 Å². The summed E-state index contributed by atoms with van der Waals surface area (Å²) in [6.07, 6.45) is 2.30. The van der Waals surface area contributed by atoms with E-state index in [1.165, 1.54) is 12.0 Å². The lowest BCUT2D eigenvalue weighted by molar-refractivity contribution is 0.354. The van der Waals surface area contributed by atoms with Crippen LogP contribution in [0.2, 0.25) is 0 Å². The number of benzene rings is 1. The summed E-state index contributed by atoms with van der Waals surface area (Å²) in [6.45, 7) is 3.23. The topological polar surface area (TPSA) is 3.24 Å². The first kappa shape index (κ1) is 9.66. The van der Waals surface area contributed by atoms with Crippen LogP contribution in [-0.4, -0.2) is 15.9 Å². The van der Waals surface area contributed by atoms with Crippen molar-refractivity contribution in [1.82, 2.24) is 4.90 Å². The number of nitrogens with zero attached hydrogens (tertiary/aromatic N) is 1. The van der Waals surface area contributed by atoms with Crippen LogP contribution in [0, 0.1) is 0 Å². The maximum atomic E-state index is 5.34. The Labute approximate surface area is 90.7 Å². The van der Waals surface area contributed by atoms with Crippen LogP contribution in [0.4, 0.5) is 0 Å². The largest absolute Gasteiger partial charge is 0.359 e. The molecule has 0 N–H and O–H groups in total. The lowest BCUT2D eigenvalue weighted by Crippen LogP contribution is -2.29. The molecule has 74 valence electrons. The van der Waals surface area contributed by atoms with Crippen molar-refractivity contribution < 1.29 is 0 Å². The monoisotopic (exact) mass is 205 g/mol. The minimum absolute atomic E-state index is 0.614. The van der Waals surface area contributed by atoms with Gasteiger partial charge in [0.05, 0.1) is 4.99 Å². The molecule has 2 rings (SSSR count). The van der Waals surface area contributed by atoms with Gasteiger partial charge in [-0.15, -0.1) is 0 Å². The Morgan fingerprint density at radius 3 is 2.64 bits per heavy atom. The van der Waals surface area contributed by atoms with E-state index in [1.807, 2.05) is 0 Å². The first-order valence-corrected chi connectivity index (χ1v) is 5.51. The molecule has 0 aliphatic carbocycles. The van der Waals surface area contributed by atoms with E-state index in [0.717, 1.165) is 18.0 Å². The molecular formula is C12H15NS. The van der Waals surface area contributed by atoms with Crippen molar-refractivity contribution in [3.63, 3.8) is 0 Å². The van der Waals surface area contributed by atoms with Crippen molar-refractivity contribution in [3.8, 4) is 0 Å². The van der Waals surface area contributed by atoms with Gasteiger partial charge in [0.2, 0.25) is 0 Å². The first-order chi connectivity index (χ1) is 6.77. The van der Waals surface area contributed by atoms with Gasteiger partial charge in [0, 0.05) is 12.6 Å². The van der Waals surface area contributed by atoms with Crippen LogP contribution in [0.5, 0.6) is 0 Å². The van der Waals surface area contributed by atoms with Crippen LogP contribution < -0.4 is 0 Å². The van der Waals surface area contributed by atoms with Gasteiger partial charge in [-0.3, -0.25) is 0 Å². The van der Waals surface area contributed by atoms with E-state index in [-0.39, 0.29) is 0 Å². The van der Waals surface area contributed by atoms with Crippen LogP contribution in [0.1, 0.15) is 25.3 Å². The Bertz CT molecular complexity index is 320. The van der Waals surface area contributed by atoms with Gasteiger partial charge in [-0.25, -0.2) is 0 Å². The Balaban J connectivity index is 2.07. The summed E-state index contributed by atoms with van der Waals surface area (Å²) in [5.41, 5.74) is 1.35. The van der Waals surface area contributed by atoms with Gasteiger partial charge in [0.25, 0.3) is 0 Å². The van der Waals surface area contributed by atoms with Gasteiger partial charge < -0.3 is 4.90 Å². The Hall–Kier alpha value is -0.890. The van der Waals surface area contributed by atoms with Crippen molar-refractivity contribution >= 4 is 17.2 Å². The third-order valence-corrected chi connectivity index (χ3v) is 3.26. The standard InChI is InChI=1S/C12H15NS/c1-10-7-8-12(14)13(10)9-11-5-3-2-4-6-11/h2-6,10H,7-9H2,1H3. The lowest BCUT2D eigenvalue weighted by Gasteiger charge is -2.23. The van der Waals surface area contributed by atoms with Crippen LogP contribution in [0.3, 0.4) is 0 Å². The third-order valence-electron chi connectivity index (χ3n) is 2.82. The van der Waals surface area contributed by atoms with E-state index in [4.69, 9.17) is 12.2 Å². The molecule has 0 aromatic heterocycles. The maximum absolute atomic E-state index is 5.34. The highest BCUT2D eigenvalue weighted by atomic mass is 32.1. The van der Waals surface area contributed by atoms with Crippen molar-refractivity contribution in [3.05, 3.63) is 35.9 Å². The van der Waals surface area contributed by atoms with E-state index in [0.29, 0.717) is 6.04 Å². The van der Waals surface area contributed by atoms with E-state index < -0.39 is 0 Å². The normalized spacial score (nSPS) is 21.6. The Kier molecular flexibility index (Phi) is 2.82. The van der Waals surface area contributed by atoms with Crippen LogP contribution in [-0.2, 0) is 6.54 Å². The summed E-state index contributed by atoms with van der Waals surface area (Å²) in [4.78, 5) is 3.46. The molecule has 0 amide bonds. The van der Waals surface area contributed by atoms with Gasteiger partial charge >= 0.3 is 0 Å². The molecule has 0 spiro atoms. The summed E-state index contributed by atoms with van der Waals surface area (Å²) >= 11 is 5.34. The third kappa shape index (κ3) is 1.95. The molecule has 1 aliphatic heterocycles. The molecule has 1 atom stereocenters. The fourth-order valence-electron chi connectivity index (χ4n) is 1.90. The second-order valence-corrected chi connectivity index (χ2v) is 4.37. The molecule has 1 aromatic rings. The molecule has 1 saturated heterocycles. The van der Waals surface area contributed by atoms with Crippen LogP contribution >= 0.6 is 12.2 Å². The highest BCUT2D eigenvalue weighted by Gasteiger charge is 2.23. The molecule has 2 heteroatoms. The lowest BCUT2D eigenvalue weighted by atomic mass is 10.2. The van der Waals surface area contributed by atoms with Gasteiger partial charge in [0.15, 0.2) is 0 Å². The summed E-state index contributed by atoms with van der Waals surface area (Å²) in [5.74, 6) is 0. The van der Waals surface area contributed by atoms with Gasteiger partial charge in [-0.2, -0.15) is 0 Å². The molecule has 0 bridgehead atoms. The number of hydrogen-bond acceptors (Lipinski definition) is 1. The predicted molar refractivity (Wildman–Crippen MR) is 63.3 cm³/mol. The fourth-order valence-corrected chi connectivity index (χ4v) is 2.26. The average Bonchev–Trinajstić information content (AvgIpc) is 2.51. The van der Waals surface area contributed by atoms with Gasteiger partial charge in [-0.1, -0.05) is 42.5 Å². The highest BCUT2D eigenvalue weighted by molar-refractivity contribution is 7.80. The molecule has 1 aliphatic rings. The highest BCUT2D eigenvalue weighted by Crippen LogP contribution is 2.21. The zero-order valence-corrected chi connectivity index (χ0v) is 9.26. The quantitative estimate of drug-likeness (QED) is 0.683. The molecule has 0 saturated carbocycles. The average molecular weight is 205 g/mol. The predicted octanol–water partition coefficient (Wildman–Crippen LogP) is 3.00. The van der Waals surface area contributed by atoms with Crippen LogP contribution in [0.15, 0.2) is 30.3 Å². The second kappa shape index (κ2) is 4.09. The molecule has 1 fully saturated rings. The SMILES string of the molecule is CC1CCC(=S)N1Cc1ccccc1. The molecule has 0 radical (unpaired) electrons. The van der Waals surface area contributed by atoms with Crippen LogP contribution in [0.25, 0.3) is 0 Å². The number of rotatable bonds is 2. The zero-order valence-electron chi connectivity index (χ0n) is 8.44. The van der Waals surface area contributed by atoms with E-state index >= 15 is 0 Å². The molecule has 1 heterocycles. The fraction of sp³-hybridized carbons (Fsp3) is 0.417.